The molecule has 2 unspecified atom stereocenters. The van der Waals surface area contributed by atoms with Crippen molar-refractivity contribution in [2.45, 2.75) is 37.1 Å². The molecule has 0 aliphatic carbocycles. The van der Waals surface area contributed by atoms with E-state index in [1.165, 1.54) is 10.5 Å². The number of carbonyl (C=O) groups is 1. The van der Waals surface area contributed by atoms with Crippen molar-refractivity contribution < 1.29 is 4.79 Å². The minimum atomic E-state index is 0.0106. The van der Waals surface area contributed by atoms with Gasteiger partial charge in [0.15, 0.2) is 0 Å². The normalized spacial score (nSPS) is 18.9. The molecule has 4 heteroatoms. The Balaban J connectivity index is 1.95. The Bertz CT molecular complexity index is 475. The molecule has 2 atom stereocenters. The van der Waals surface area contributed by atoms with Gasteiger partial charge in [-0.25, -0.2) is 0 Å². The van der Waals surface area contributed by atoms with Crippen LogP contribution in [-0.4, -0.2) is 36.2 Å². The third-order valence-electron chi connectivity index (χ3n) is 4.03. The van der Waals surface area contributed by atoms with E-state index >= 15 is 0 Å². The number of fused-ring (bicyclic) bond motifs is 1. The van der Waals surface area contributed by atoms with Crippen LogP contribution in [0.5, 0.6) is 0 Å². The average molecular weight is 292 g/mol. The molecular weight excluding hydrogens is 268 g/mol. The second kappa shape index (κ2) is 6.64. The second-order valence-electron chi connectivity index (χ2n) is 5.86. The maximum atomic E-state index is 12.6. The Kier molecular flexibility index (Phi) is 5.11. The van der Waals surface area contributed by atoms with Crippen molar-refractivity contribution in [1.82, 2.24) is 4.90 Å². The van der Waals surface area contributed by atoms with Crippen LogP contribution < -0.4 is 5.73 Å². The lowest BCUT2D eigenvalue weighted by atomic mass is 9.99. The summed E-state index contributed by atoms with van der Waals surface area (Å²) in [6.45, 7) is 4.98. The molecule has 1 aliphatic rings. The predicted molar refractivity (Wildman–Crippen MR) is 85.0 cm³/mol. The standard InChI is InChI=1S/C16H24N2OS/c1-11(2)14(17)8-9-18(3)16(19)13-10-20-15-7-5-4-6-12(13)15/h4-7,11,13-14H,8-10,17H2,1-3H3. The molecule has 1 aromatic carbocycles. The van der Waals surface area contributed by atoms with Gasteiger partial charge in [0, 0.05) is 30.3 Å². The molecular formula is C16H24N2OS. The van der Waals surface area contributed by atoms with Crippen molar-refractivity contribution in [2.75, 3.05) is 19.3 Å². The molecule has 0 fully saturated rings. The monoisotopic (exact) mass is 292 g/mol. The van der Waals surface area contributed by atoms with Gasteiger partial charge in [-0.05, 0) is 24.0 Å². The van der Waals surface area contributed by atoms with Crippen molar-refractivity contribution >= 4 is 17.7 Å². The number of amides is 1. The van der Waals surface area contributed by atoms with Crippen LogP contribution in [0.4, 0.5) is 0 Å². The Morgan fingerprint density at radius 2 is 2.15 bits per heavy atom. The Morgan fingerprint density at radius 1 is 1.45 bits per heavy atom. The van der Waals surface area contributed by atoms with Crippen LogP contribution >= 0.6 is 11.8 Å². The first kappa shape index (κ1) is 15.4. The van der Waals surface area contributed by atoms with Crippen molar-refractivity contribution in [2.24, 2.45) is 11.7 Å². The number of carbonyl (C=O) groups excluding carboxylic acids is 1. The average Bonchev–Trinajstić information content (AvgIpc) is 2.87. The molecule has 0 saturated carbocycles. The second-order valence-corrected chi connectivity index (χ2v) is 6.92. The SMILES string of the molecule is CC(C)C(N)CCN(C)C(=O)C1CSc2ccccc21. The number of hydrogen-bond donors (Lipinski definition) is 1. The molecule has 0 radical (unpaired) electrons. The smallest absolute Gasteiger partial charge is 0.230 e. The summed E-state index contributed by atoms with van der Waals surface area (Å²) in [5.41, 5.74) is 7.24. The van der Waals surface area contributed by atoms with E-state index in [2.05, 4.69) is 26.0 Å². The number of thioether (sulfide) groups is 1. The Labute approximate surface area is 125 Å². The predicted octanol–water partition coefficient (Wildman–Crippen LogP) is 2.71. The summed E-state index contributed by atoms with van der Waals surface area (Å²) in [6, 6.07) is 8.38. The van der Waals surface area contributed by atoms with E-state index in [0.717, 1.165) is 18.7 Å². The molecule has 110 valence electrons. The summed E-state index contributed by atoms with van der Waals surface area (Å²) in [7, 11) is 1.89. The van der Waals surface area contributed by atoms with E-state index in [0.29, 0.717) is 5.92 Å². The summed E-state index contributed by atoms with van der Waals surface area (Å²) < 4.78 is 0. The maximum absolute atomic E-state index is 12.6. The number of nitrogens with two attached hydrogens (primary N) is 1. The van der Waals surface area contributed by atoms with Crippen LogP contribution in [0.15, 0.2) is 29.2 Å². The van der Waals surface area contributed by atoms with Crippen LogP contribution in [0.25, 0.3) is 0 Å². The zero-order valence-electron chi connectivity index (χ0n) is 12.5. The van der Waals surface area contributed by atoms with Gasteiger partial charge in [0.25, 0.3) is 0 Å². The van der Waals surface area contributed by atoms with Gasteiger partial charge in [0.2, 0.25) is 5.91 Å². The zero-order valence-corrected chi connectivity index (χ0v) is 13.3. The van der Waals surface area contributed by atoms with E-state index < -0.39 is 0 Å². The molecule has 1 heterocycles. The quantitative estimate of drug-likeness (QED) is 0.907. The summed E-state index contributed by atoms with van der Waals surface area (Å²) in [6.07, 6.45) is 0.863. The third-order valence-corrected chi connectivity index (χ3v) is 5.21. The van der Waals surface area contributed by atoms with Gasteiger partial charge in [0.1, 0.15) is 0 Å². The number of likely N-dealkylation sites (N-methyl/N-ethyl adjacent to an activating group) is 1. The van der Waals surface area contributed by atoms with Crippen molar-refractivity contribution in [1.29, 1.82) is 0 Å². The lowest BCUT2D eigenvalue weighted by molar-refractivity contribution is -0.131. The van der Waals surface area contributed by atoms with E-state index in [4.69, 9.17) is 5.73 Å². The van der Waals surface area contributed by atoms with Gasteiger partial charge in [-0.15, -0.1) is 11.8 Å². The third kappa shape index (κ3) is 3.36. The summed E-state index contributed by atoms with van der Waals surface area (Å²) in [5, 5.41) is 0. The molecule has 0 saturated heterocycles. The molecule has 1 aliphatic heterocycles. The van der Waals surface area contributed by atoms with E-state index in [1.54, 1.807) is 11.8 Å². The highest BCUT2D eigenvalue weighted by Crippen LogP contribution is 2.40. The molecule has 0 aromatic heterocycles. The summed E-state index contributed by atoms with van der Waals surface area (Å²) in [4.78, 5) is 15.7. The highest BCUT2D eigenvalue weighted by molar-refractivity contribution is 7.99. The molecule has 2 rings (SSSR count). The van der Waals surface area contributed by atoms with Crippen LogP contribution in [0.1, 0.15) is 31.7 Å². The fourth-order valence-corrected chi connectivity index (χ4v) is 3.64. The molecule has 3 nitrogen and oxygen atoms in total. The van der Waals surface area contributed by atoms with Gasteiger partial charge in [-0.1, -0.05) is 32.0 Å². The van der Waals surface area contributed by atoms with Crippen LogP contribution in [0.2, 0.25) is 0 Å². The van der Waals surface area contributed by atoms with Crippen molar-refractivity contribution in [3.05, 3.63) is 29.8 Å². The fourth-order valence-electron chi connectivity index (χ4n) is 2.42. The first-order valence-corrected chi connectivity index (χ1v) is 8.21. The molecule has 20 heavy (non-hydrogen) atoms. The number of nitrogens with zero attached hydrogens (tertiary/aromatic N) is 1. The topological polar surface area (TPSA) is 46.3 Å². The zero-order chi connectivity index (χ0) is 14.7. The van der Waals surface area contributed by atoms with Crippen molar-refractivity contribution in [3.8, 4) is 0 Å². The molecule has 0 spiro atoms. The highest BCUT2D eigenvalue weighted by atomic mass is 32.2. The highest BCUT2D eigenvalue weighted by Gasteiger charge is 2.30. The van der Waals surface area contributed by atoms with Gasteiger partial charge in [-0.2, -0.15) is 0 Å². The summed E-state index contributed by atoms with van der Waals surface area (Å²) >= 11 is 1.78. The first-order valence-electron chi connectivity index (χ1n) is 7.23. The number of hydrogen-bond acceptors (Lipinski definition) is 3. The van der Waals surface area contributed by atoms with Crippen LogP contribution in [-0.2, 0) is 4.79 Å². The van der Waals surface area contributed by atoms with Crippen LogP contribution in [0.3, 0.4) is 0 Å². The molecule has 1 aromatic rings. The molecule has 2 N–H and O–H groups in total. The molecule has 0 bridgehead atoms. The Hall–Kier alpha value is -1.00. The largest absolute Gasteiger partial charge is 0.345 e. The molecule has 1 amide bonds. The fraction of sp³-hybridized carbons (Fsp3) is 0.562. The van der Waals surface area contributed by atoms with Gasteiger partial charge >= 0.3 is 0 Å². The van der Waals surface area contributed by atoms with Gasteiger partial charge < -0.3 is 10.6 Å². The summed E-state index contributed by atoms with van der Waals surface area (Å²) in [5.74, 6) is 1.55. The van der Waals surface area contributed by atoms with Crippen LogP contribution in [0, 0.1) is 5.92 Å². The number of rotatable bonds is 5. The minimum absolute atomic E-state index is 0.0106. The lowest BCUT2D eigenvalue weighted by Crippen LogP contribution is -2.37. The first-order chi connectivity index (χ1) is 9.50. The maximum Gasteiger partial charge on any atom is 0.230 e. The van der Waals surface area contributed by atoms with E-state index in [1.807, 2.05) is 24.1 Å². The van der Waals surface area contributed by atoms with Gasteiger partial charge in [0.05, 0.1) is 5.92 Å². The lowest BCUT2D eigenvalue weighted by Gasteiger charge is -2.24. The van der Waals surface area contributed by atoms with Crippen molar-refractivity contribution in [3.63, 3.8) is 0 Å². The van der Waals surface area contributed by atoms with Gasteiger partial charge in [-0.3, -0.25) is 4.79 Å². The number of benzene rings is 1. The van der Waals surface area contributed by atoms with E-state index in [-0.39, 0.29) is 17.9 Å². The minimum Gasteiger partial charge on any atom is -0.345 e. The van der Waals surface area contributed by atoms with E-state index in [9.17, 15) is 4.79 Å². The Morgan fingerprint density at radius 3 is 2.85 bits per heavy atom.